The topological polar surface area (TPSA) is 68.5 Å². The number of hydrogen-bond donors (Lipinski definition) is 1. The molecule has 0 atom stereocenters. The molecule has 0 radical (unpaired) electrons. The molecular weight excluding hydrogens is 264 g/mol. The summed E-state index contributed by atoms with van der Waals surface area (Å²) in [5, 5.41) is 8.19. The summed E-state index contributed by atoms with van der Waals surface area (Å²) in [7, 11) is 1.70. The highest BCUT2D eigenvalue weighted by atomic mass is 32.1. The van der Waals surface area contributed by atoms with Gasteiger partial charge in [0, 0.05) is 32.5 Å². The first-order valence-electron chi connectivity index (χ1n) is 6.09. The fraction of sp³-hybridized carbons (Fsp3) is 0.583. The van der Waals surface area contributed by atoms with Crippen LogP contribution in [0.2, 0.25) is 0 Å². The molecule has 2 aromatic heterocycles. The molecule has 7 heteroatoms. The van der Waals surface area contributed by atoms with E-state index in [9.17, 15) is 4.79 Å². The van der Waals surface area contributed by atoms with Gasteiger partial charge in [-0.1, -0.05) is 25.2 Å². The van der Waals surface area contributed by atoms with E-state index in [-0.39, 0.29) is 11.0 Å². The smallest absolute Gasteiger partial charge is 0.275 e. The predicted octanol–water partition coefficient (Wildman–Crippen LogP) is 1.63. The molecule has 0 fully saturated rings. The number of nitrogens with zero attached hydrogens (tertiary/aromatic N) is 3. The lowest BCUT2D eigenvalue weighted by Crippen LogP contribution is -2.24. The summed E-state index contributed by atoms with van der Waals surface area (Å²) >= 11 is 1.37. The number of fused-ring (bicyclic) bond motifs is 1. The zero-order valence-electron chi connectivity index (χ0n) is 11.3. The van der Waals surface area contributed by atoms with Crippen molar-refractivity contribution in [1.82, 2.24) is 14.6 Å². The number of rotatable bonds is 6. The van der Waals surface area contributed by atoms with Crippen LogP contribution in [0, 0.1) is 5.41 Å². The maximum Gasteiger partial charge on any atom is 0.275 e. The number of methoxy groups -OCH3 is 1. The van der Waals surface area contributed by atoms with Crippen LogP contribution in [0.5, 0.6) is 0 Å². The second kappa shape index (κ2) is 5.66. The quantitative estimate of drug-likeness (QED) is 0.872. The summed E-state index contributed by atoms with van der Waals surface area (Å²) in [6.45, 7) is 5.83. The standard InChI is InChI=1S/C12H18N4O2S/c1-12(2,5-7-18-3)8-14-10-15-16-9(17)4-6-13-11(16)19-10/h4,6H,5,7-8H2,1-3H3,(H,14,15). The van der Waals surface area contributed by atoms with Crippen LogP contribution >= 0.6 is 11.3 Å². The number of nitrogens with one attached hydrogen (secondary N) is 1. The zero-order valence-corrected chi connectivity index (χ0v) is 12.2. The van der Waals surface area contributed by atoms with Crippen LogP contribution in [-0.2, 0) is 4.74 Å². The molecule has 0 spiro atoms. The molecule has 19 heavy (non-hydrogen) atoms. The molecule has 6 nitrogen and oxygen atoms in total. The molecule has 2 aromatic rings. The monoisotopic (exact) mass is 282 g/mol. The highest BCUT2D eigenvalue weighted by Gasteiger charge is 2.18. The van der Waals surface area contributed by atoms with E-state index in [1.165, 1.54) is 28.1 Å². The highest BCUT2D eigenvalue weighted by molar-refractivity contribution is 7.20. The molecule has 0 aliphatic heterocycles. The molecule has 0 saturated heterocycles. The molecule has 0 saturated carbocycles. The van der Waals surface area contributed by atoms with Crippen LogP contribution < -0.4 is 10.9 Å². The number of ether oxygens (including phenoxy) is 1. The normalized spacial score (nSPS) is 11.9. The summed E-state index contributed by atoms with van der Waals surface area (Å²) in [6.07, 6.45) is 2.46. The molecule has 2 rings (SSSR count). The molecule has 0 aliphatic carbocycles. The first-order chi connectivity index (χ1) is 9.02. The van der Waals surface area contributed by atoms with Gasteiger partial charge in [-0.25, -0.2) is 4.98 Å². The Balaban J connectivity index is 2.06. The van der Waals surface area contributed by atoms with Crippen molar-refractivity contribution in [2.24, 2.45) is 5.41 Å². The van der Waals surface area contributed by atoms with Gasteiger partial charge in [0.1, 0.15) is 0 Å². The molecule has 0 aromatic carbocycles. The maximum absolute atomic E-state index is 11.6. The lowest BCUT2D eigenvalue weighted by Gasteiger charge is -2.24. The maximum atomic E-state index is 11.6. The Kier molecular flexibility index (Phi) is 4.16. The second-order valence-corrected chi connectivity index (χ2v) is 6.10. The Morgan fingerprint density at radius 1 is 1.53 bits per heavy atom. The van der Waals surface area contributed by atoms with E-state index in [0.29, 0.717) is 10.1 Å². The van der Waals surface area contributed by atoms with Crippen LogP contribution in [0.25, 0.3) is 4.96 Å². The summed E-state index contributed by atoms with van der Waals surface area (Å²) in [6, 6.07) is 1.40. The van der Waals surface area contributed by atoms with E-state index in [0.717, 1.165) is 19.6 Å². The zero-order chi connectivity index (χ0) is 13.9. The third-order valence-electron chi connectivity index (χ3n) is 2.87. The van der Waals surface area contributed by atoms with Crippen LogP contribution in [0.4, 0.5) is 5.13 Å². The number of aromatic nitrogens is 3. The Labute approximate surface area is 115 Å². The number of hydrogen-bond acceptors (Lipinski definition) is 6. The molecule has 104 valence electrons. The van der Waals surface area contributed by atoms with Gasteiger partial charge in [-0.15, -0.1) is 5.10 Å². The van der Waals surface area contributed by atoms with E-state index >= 15 is 0 Å². The average molecular weight is 282 g/mol. The van der Waals surface area contributed by atoms with Crippen molar-refractivity contribution >= 4 is 21.4 Å². The highest BCUT2D eigenvalue weighted by Crippen LogP contribution is 2.23. The lowest BCUT2D eigenvalue weighted by atomic mass is 9.90. The first kappa shape index (κ1) is 14.0. The first-order valence-corrected chi connectivity index (χ1v) is 6.91. The number of anilines is 1. The van der Waals surface area contributed by atoms with Crippen molar-refractivity contribution in [2.45, 2.75) is 20.3 Å². The van der Waals surface area contributed by atoms with Crippen molar-refractivity contribution in [3.8, 4) is 0 Å². The summed E-state index contributed by atoms with van der Waals surface area (Å²) in [5.41, 5.74) is -0.0559. The van der Waals surface area contributed by atoms with E-state index < -0.39 is 0 Å². The van der Waals surface area contributed by atoms with Gasteiger partial charge in [-0.2, -0.15) is 4.52 Å². The van der Waals surface area contributed by atoms with Gasteiger partial charge in [0.2, 0.25) is 10.1 Å². The van der Waals surface area contributed by atoms with Gasteiger partial charge in [-0.3, -0.25) is 4.79 Å². The summed E-state index contributed by atoms with van der Waals surface area (Å²) in [4.78, 5) is 16.3. The molecule has 0 amide bonds. The fourth-order valence-corrected chi connectivity index (χ4v) is 2.37. The van der Waals surface area contributed by atoms with Gasteiger partial charge >= 0.3 is 0 Å². The van der Waals surface area contributed by atoms with E-state index in [4.69, 9.17) is 4.74 Å². The SMILES string of the molecule is COCCC(C)(C)CNc1nn2c(=O)ccnc2s1. The van der Waals surface area contributed by atoms with E-state index in [1.54, 1.807) is 7.11 Å². The lowest BCUT2D eigenvalue weighted by molar-refractivity contribution is 0.157. The largest absolute Gasteiger partial charge is 0.385 e. The van der Waals surface area contributed by atoms with Crippen LogP contribution in [0.1, 0.15) is 20.3 Å². The van der Waals surface area contributed by atoms with Crippen LogP contribution in [0.15, 0.2) is 17.1 Å². The minimum Gasteiger partial charge on any atom is -0.385 e. The van der Waals surface area contributed by atoms with Crippen molar-refractivity contribution in [3.05, 3.63) is 22.6 Å². The van der Waals surface area contributed by atoms with E-state index in [1.807, 2.05) is 0 Å². The van der Waals surface area contributed by atoms with Gasteiger partial charge in [0.25, 0.3) is 5.56 Å². The van der Waals surface area contributed by atoms with Crippen molar-refractivity contribution in [1.29, 1.82) is 0 Å². The van der Waals surface area contributed by atoms with Gasteiger partial charge < -0.3 is 10.1 Å². The molecule has 1 N–H and O–H groups in total. The summed E-state index contributed by atoms with van der Waals surface area (Å²) in [5.74, 6) is 0. The molecule has 0 bridgehead atoms. The molecular formula is C12H18N4O2S. The summed E-state index contributed by atoms with van der Waals surface area (Å²) < 4.78 is 6.41. The van der Waals surface area contributed by atoms with Gasteiger partial charge in [0.05, 0.1) is 0 Å². The average Bonchev–Trinajstić information content (AvgIpc) is 2.79. The third kappa shape index (κ3) is 3.51. The fourth-order valence-electron chi connectivity index (χ4n) is 1.60. The molecule has 2 heterocycles. The predicted molar refractivity (Wildman–Crippen MR) is 75.9 cm³/mol. The minimum absolute atomic E-state index is 0.103. The Morgan fingerprint density at radius 2 is 2.32 bits per heavy atom. The minimum atomic E-state index is -0.159. The van der Waals surface area contributed by atoms with E-state index in [2.05, 4.69) is 29.2 Å². The van der Waals surface area contributed by atoms with Crippen LogP contribution in [0.3, 0.4) is 0 Å². The molecule has 0 aliphatic rings. The van der Waals surface area contributed by atoms with Crippen molar-refractivity contribution in [2.75, 3.05) is 25.6 Å². The Bertz CT molecular complexity index is 605. The second-order valence-electron chi connectivity index (χ2n) is 5.15. The van der Waals surface area contributed by atoms with Crippen molar-refractivity contribution in [3.63, 3.8) is 0 Å². The van der Waals surface area contributed by atoms with Gasteiger partial charge in [-0.05, 0) is 11.8 Å². The van der Waals surface area contributed by atoms with Gasteiger partial charge in [0.15, 0.2) is 0 Å². The Morgan fingerprint density at radius 3 is 3.00 bits per heavy atom. The van der Waals surface area contributed by atoms with Crippen molar-refractivity contribution < 1.29 is 4.74 Å². The third-order valence-corrected chi connectivity index (χ3v) is 3.75. The Hall–Kier alpha value is -1.47. The molecule has 0 unspecified atom stereocenters. The van der Waals surface area contributed by atoms with Crippen LogP contribution in [-0.4, -0.2) is 34.9 Å².